The van der Waals surface area contributed by atoms with E-state index in [4.69, 9.17) is 5.11 Å². The van der Waals surface area contributed by atoms with Gasteiger partial charge in [0.05, 0.1) is 11.4 Å². The first-order valence-corrected chi connectivity index (χ1v) is 6.29. The second-order valence-electron chi connectivity index (χ2n) is 3.00. The molecular formula is C8H8N2O3S2. The lowest BCUT2D eigenvalue weighted by atomic mass is 10.3. The number of aromatic nitrogens is 1. The maximum atomic E-state index is 11.8. The molecule has 80 valence electrons. The highest BCUT2D eigenvalue weighted by Gasteiger charge is 2.35. The molecule has 1 atom stereocenters. The SMILES string of the molecule is O=C(O)[C@@H]1CSCN1C(=O)c1cscn1. The lowest BCUT2D eigenvalue weighted by molar-refractivity contribution is -0.140. The van der Waals surface area contributed by atoms with Crippen molar-refractivity contribution in [1.29, 1.82) is 0 Å². The molecule has 7 heteroatoms. The fourth-order valence-corrected chi connectivity index (χ4v) is 2.98. The van der Waals surface area contributed by atoms with Gasteiger partial charge in [0.25, 0.3) is 5.91 Å². The van der Waals surface area contributed by atoms with Gasteiger partial charge in [-0.3, -0.25) is 4.79 Å². The zero-order chi connectivity index (χ0) is 10.8. The lowest BCUT2D eigenvalue weighted by Crippen LogP contribution is -2.41. The number of carboxylic acid groups (broad SMARTS) is 1. The van der Waals surface area contributed by atoms with Crippen molar-refractivity contribution in [2.24, 2.45) is 0 Å². The number of hydrogen-bond donors (Lipinski definition) is 1. The van der Waals surface area contributed by atoms with Gasteiger partial charge in [-0.2, -0.15) is 0 Å². The monoisotopic (exact) mass is 244 g/mol. The molecule has 0 aliphatic carbocycles. The molecule has 1 N–H and O–H groups in total. The van der Waals surface area contributed by atoms with Crippen LogP contribution in [0.2, 0.25) is 0 Å². The average molecular weight is 244 g/mol. The molecule has 5 nitrogen and oxygen atoms in total. The number of amides is 1. The number of hydrogen-bond acceptors (Lipinski definition) is 5. The van der Waals surface area contributed by atoms with E-state index >= 15 is 0 Å². The molecule has 1 aliphatic heterocycles. The minimum absolute atomic E-state index is 0.298. The number of thioether (sulfide) groups is 1. The Kier molecular flexibility index (Phi) is 2.92. The molecule has 0 spiro atoms. The third-order valence-corrected chi connectivity index (χ3v) is 3.68. The molecule has 1 fully saturated rings. The van der Waals surface area contributed by atoms with Crippen molar-refractivity contribution in [2.45, 2.75) is 6.04 Å². The van der Waals surface area contributed by atoms with E-state index in [-0.39, 0.29) is 5.91 Å². The summed E-state index contributed by atoms with van der Waals surface area (Å²) in [6.07, 6.45) is 0. The Bertz CT molecular complexity index is 379. The van der Waals surface area contributed by atoms with Crippen molar-refractivity contribution in [3.8, 4) is 0 Å². The molecule has 1 saturated heterocycles. The summed E-state index contributed by atoms with van der Waals surface area (Å²) in [6, 6.07) is -0.718. The second kappa shape index (κ2) is 4.19. The van der Waals surface area contributed by atoms with Crippen molar-refractivity contribution < 1.29 is 14.7 Å². The molecular weight excluding hydrogens is 236 g/mol. The Morgan fingerprint density at radius 3 is 3.00 bits per heavy atom. The summed E-state index contributed by atoms with van der Waals surface area (Å²) in [5.41, 5.74) is 1.89. The number of aliphatic carboxylic acids is 1. The number of nitrogens with zero attached hydrogens (tertiary/aromatic N) is 2. The van der Waals surface area contributed by atoms with Crippen molar-refractivity contribution in [3.63, 3.8) is 0 Å². The third kappa shape index (κ3) is 1.98. The van der Waals surface area contributed by atoms with E-state index in [0.29, 0.717) is 17.3 Å². The van der Waals surface area contributed by atoms with E-state index in [9.17, 15) is 9.59 Å². The Labute approximate surface area is 94.1 Å². The average Bonchev–Trinajstić information content (AvgIpc) is 2.88. The van der Waals surface area contributed by atoms with Gasteiger partial charge in [-0.1, -0.05) is 0 Å². The van der Waals surface area contributed by atoms with Crippen LogP contribution < -0.4 is 0 Å². The number of carbonyl (C=O) groups excluding carboxylic acids is 1. The van der Waals surface area contributed by atoms with Crippen LogP contribution >= 0.6 is 23.1 Å². The predicted molar refractivity (Wildman–Crippen MR) is 57.0 cm³/mol. The topological polar surface area (TPSA) is 70.5 Å². The quantitative estimate of drug-likeness (QED) is 0.831. The lowest BCUT2D eigenvalue weighted by Gasteiger charge is -2.18. The van der Waals surface area contributed by atoms with Gasteiger partial charge in [0.15, 0.2) is 0 Å². The molecule has 0 saturated carbocycles. The van der Waals surface area contributed by atoms with Gasteiger partial charge in [0.2, 0.25) is 0 Å². The number of carboxylic acids is 1. The van der Waals surface area contributed by atoms with Gasteiger partial charge >= 0.3 is 5.97 Å². The standard InChI is InChI=1S/C8H8N2O3S2/c11-7(5-1-14-3-9-5)10-4-15-2-6(10)8(12)13/h1,3,6H,2,4H2,(H,12,13)/t6-/m0/s1. The van der Waals surface area contributed by atoms with E-state index in [1.807, 2.05) is 0 Å². The fourth-order valence-electron chi connectivity index (χ4n) is 1.31. The van der Waals surface area contributed by atoms with Crippen LogP contribution in [0.1, 0.15) is 10.5 Å². The summed E-state index contributed by atoms with van der Waals surface area (Å²) in [7, 11) is 0. The van der Waals surface area contributed by atoms with Gasteiger partial charge < -0.3 is 10.0 Å². The van der Waals surface area contributed by atoms with Crippen LogP contribution in [0.5, 0.6) is 0 Å². The minimum Gasteiger partial charge on any atom is -0.480 e. The Morgan fingerprint density at radius 2 is 2.40 bits per heavy atom. The van der Waals surface area contributed by atoms with Crippen molar-refractivity contribution >= 4 is 35.0 Å². The zero-order valence-electron chi connectivity index (χ0n) is 7.62. The molecule has 1 aromatic heterocycles. The van der Waals surface area contributed by atoms with Gasteiger partial charge in [-0.05, 0) is 0 Å². The van der Waals surface area contributed by atoms with Gasteiger partial charge in [0, 0.05) is 11.1 Å². The maximum absolute atomic E-state index is 11.8. The van der Waals surface area contributed by atoms with Crippen LogP contribution in [0.25, 0.3) is 0 Å². The summed E-state index contributed by atoms with van der Waals surface area (Å²) in [6.45, 7) is 0. The largest absolute Gasteiger partial charge is 0.480 e. The van der Waals surface area contributed by atoms with E-state index in [2.05, 4.69) is 4.98 Å². The Morgan fingerprint density at radius 1 is 1.60 bits per heavy atom. The summed E-state index contributed by atoms with van der Waals surface area (Å²) >= 11 is 2.77. The van der Waals surface area contributed by atoms with Crippen LogP contribution in [-0.2, 0) is 4.79 Å². The number of rotatable bonds is 2. The molecule has 1 aliphatic rings. The molecule has 1 aromatic rings. The number of carbonyl (C=O) groups is 2. The maximum Gasteiger partial charge on any atom is 0.327 e. The van der Waals surface area contributed by atoms with Gasteiger partial charge in [-0.25, -0.2) is 9.78 Å². The first-order valence-electron chi connectivity index (χ1n) is 4.20. The van der Waals surface area contributed by atoms with Crippen LogP contribution in [0.3, 0.4) is 0 Å². The summed E-state index contributed by atoms with van der Waals surface area (Å²) in [5.74, 6) is -0.379. The molecule has 0 aromatic carbocycles. The van der Waals surface area contributed by atoms with Crippen LogP contribution in [0, 0.1) is 0 Å². The van der Waals surface area contributed by atoms with Gasteiger partial charge in [0.1, 0.15) is 11.7 Å². The van der Waals surface area contributed by atoms with Crippen molar-refractivity contribution in [1.82, 2.24) is 9.88 Å². The van der Waals surface area contributed by atoms with Crippen LogP contribution in [0.15, 0.2) is 10.9 Å². The van der Waals surface area contributed by atoms with E-state index in [1.165, 1.54) is 28.0 Å². The minimum atomic E-state index is -0.955. The van der Waals surface area contributed by atoms with E-state index < -0.39 is 12.0 Å². The van der Waals surface area contributed by atoms with Crippen molar-refractivity contribution in [2.75, 3.05) is 11.6 Å². The zero-order valence-corrected chi connectivity index (χ0v) is 9.25. The third-order valence-electron chi connectivity index (χ3n) is 2.08. The smallest absolute Gasteiger partial charge is 0.327 e. The van der Waals surface area contributed by atoms with Crippen LogP contribution in [0.4, 0.5) is 0 Å². The predicted octanol–water partition coefficient (Wildman–Crippen LogP) is 0.743. The molecule has 0 bridgehead atoms. The van der Waals surface area contributed by atoms with E-state index in [1.54, 1.807) is 10.9 Å². The summed E-state index contributed by atoms with van der Waals surface area (Å²) < 4.78 is 0. The first-order chi connectivity index (χ1) is 7.20. The molecule has 1 amide bonds. The molecule has 2 heterocycles. The fraction of sp³-hybridized carbons (Fsp3) is 0.375. The highest BCUT2D eigenvalue weighted by Crippen LogP contribution is 2.23. The Balaban J connectivity index is 2.17. The molecule has 0 radical (unpaired) electrons. The van der Waals surface area contributed by atoms with E-state index in [0.717, 1.165) is 0 Å². The van der Waals surface area contributed by atoms with Crippen molar-refractivity contribution in [3.05, 3.63) is 16.6 Å². The number of thiazole rings is 1. The normalized spacial score (nSPS) is 20.5. The second-order valence-corrected chi connectivity index (χ2v) is 4.72. The Hall–Kier alpha value is -1.08. The molecule has 15 heavy (non-hydrogen) atoms. The molecule has 2 rings (SSSR count). The van der Waals surface area contributed by atoms with Gasteiger partial charge in [-0.15, -0.1) is 23.1 Å². The van der Waals surface area contributed by atoms with Crippen LogP contribution in [-0.4, -0.2) is 44.5 Å². The summed E-state index contributed by atoms with van der Waals surface area (Å²) in [5, 5.41) is 10.5. The highest BCUT2D eigenvalue weighted by molar-refractivity contribution is 7.99. The molecule has 0 unspecified atom stereocenters. The highest BCUT2D eigenvalue weighted by atomic mass is 32.2. The first kappa shape index (κ1) is 10.4. The summed E-state index contributed by atoms with van der Waals surface area (Å²) in [4.78, 5) is 27.9.